The second kappa shape index (κ2) is 4.76. The molecule has 1 rings (SSSR count). The number of hydrogen-bond donors (Lipinski definition) is 0. The van der Waals surface area contributed by atoms with Crippen LogP contribution in [0.3, 0.4) is 0 Å². The number of rotatable bonds is 1. The third-order valence-electron chi connectivity index (χ3n) is 2.20. The quantitative estimate of drug-likeness (QED) is 0.523. The average molecular weight is 142 g/mol. The van der Waals surface area contributed by atoms with Crippen LogP contribution < -0.4 is 0 Å². The van der Waals surface area contributed by atoms with E-state index in [-0.39, 0.29) is 0 Å². The van der Waals surface area contributed by atoms with Crippen LogP contribution in [-0.2, 0) is 0 Å². The van der Waals surface area contributed by atoms with Gasteiger partial charge in [-0.1, -0.05) is 47.5 Å². The highest BCUT2D eigenvalue weighted by Crippen LogP contribution is 2.26. The molecule has 1 saturated carbocycles. The number of hydrogen-bond acceptors (Lipinski definition) is 0. The van der Waals surface area contributed by atoms with Gasteiger partial charge >= 0.3 is 0 Å². The summed E-state index contributed by atoms with van der Waals surface area (Å²) in [6.07, 6.45) is 2.97. The van der Waals surface area contributed by atoms with E-state index in [2.05, 4.69) is 34.6 Å². The summed E-state index contributed by atoms with van der Waals surface area (Å²) in [6.45, 7) is 11.2. The highest BCUT2D eigenvalue weighted by Gasteiger charge is 2.12. The normalized spacial score (nSPS) is 17.1. The summed E-state index contributed by atoms with van der Waals surface area (Å²) < 4.78 is 0. The Balaban J connectivity index is 0.000000172. The van der Waals surface area contributed by atoms with Crippen molar-refractivity contribution in [1.82, 2.24) is 0 Å². The van der Waals surface area contributed by atoms with Gasteiger partial charge in [-0.2, -0.15) is 0 Å². The molecule has 0 atom stereocenters. The van der Waals surface area contributed by atoms with Gasteiger partial charge in [0.15, 0.2) is 0 Å². The Hall–Kier alpha value is 0. The van der Waals surface area contributed by atoms with E-state index in [0.717, 1.165) is 17.8 Å². The Bertz CT molecular complexity index is 62.1. The van der Waals surface area contributed by atoms with Crippen molar-refractivity contribution < 1.29 is 0 Å². The highest BCUT2D eigenvalue weighted by molar-refractivity contribution is 4.65. The zero-order valence-electron chi connectivity index (χ0n) is 8.15. The Kier molecular flexibility index (Phi) is 4.76. The van der Waals surface area contributed by atoms with Gasteiger partial charge in [0.05, 0.1) is 0 Å². The van der Waals surface area contributed by atoms with Crippen molar-refractivity contribution in [2.75, 3.05) is 0 Å². The first-order valence-corrected chi connectivity index (χ1v) is 4.54. The molecule has 10 heavy (non-hydrogen) atoms. The first kappa shape index (κ1) is 10.0. The lowest BCUT2D eigenvalue weighted by atomic mass is 10.0. The lowest BCUT2D eigenvalue weighted by Gasteiger charge is -2.05. The van der Waals surface area contributed by atoms with E-state index >= 15 is 0 Å². The second-order valence-electron chi connectivity index (χ2n) is 4.17. The van der Waals surface area contributed by atoms with Crippen LogP contribution >= 0.6 is 0 Å². The molecule has 0 aromatic heterocycles. The first-order valence-electron chi connectivity index (χ1n) is 4.54. The third-order valence-corrected chi connectivity index (χ3v) is 2.20. The van der Waals surface area contributed by atoms with Gasteiger partial charge in [0.25, 0.3) is 0 Å². The summed E-state index contributed by atoms with van der Waals surface area (Å²) >= 11 is 0. The molecule has 0 N–H and O–H groups in total. The van der Waals surface area contributed by atoms with Gasteiger partial charge < -0.3 is 0 Å². The predicted octanol–water partition coefficient (Wildman–Crippen LogP) is 3.71. The molecule has 0 heterocycles. The van der Waals surface area contributed by atoms with E-state index in [1.165, 1.54) is 12.8 Å². The molecule has 1 aliphatic rings. The summed E-state index contributed by atoms with van der Waals surface area (Å²) in [5.41, 5.74) is 0. The smallest absolute Gasteiger partial charge is 0.0443 e. The lowest BCUT2D eigenvalue weighted by Crippen LogP contribution is -1.95. The molecule has 0 radical (unpaired) electrons. The molecular weight excluding hydrogens is 120 g/mol. The SMILES string of the molecule is CC(C)C(C)C.CC1CC1. The van der Waals surface area contributed by atoms with E-state index in [1.807, 2.05) is 0 Å². The van der Waals surface area contributed by atoms with Crippen molar-refractivity contribution >= 4 is 0 Å². The summed E-state index contributed by atoms with van der Waals surface area (Å²) in [4.78, 5) is 0. The fraction of sp³-hybridized carbons (Fsp3) is 1.00. The van der Waals surface area contributed by atoms with Crippen molar-refractivity contribution in [2.24, 2.45) is 17.8 Å². The van der Waals surface area contributed by atoms with E-state index in [4.69, 9.17) is 0 Å². The molecule has 62 valence electrons. The molecule has 1 aliphatic carbocycles. The monoisotopic (exact) mass is 142 g/mol. The van der Waals surface area contributed by atoms with Crippen molar-refractivity contribution in [2.45, 2.75) is 47.5 Å². The Morgan fingerprint density at radius 2 is 1.10 bits per heavy atom. The molecule has 0 unspecified atom stereocenters. The van der Waals surface area contributed by atoms with Crippen molar-refractivity contribution in [1.29, 1.82) is 0 Å². The molecule has 0 nitrogen and oxygen atoms in total. The lowest BCUT2D eigenvalue weighted by molar-refractivity contribution is 0.457. The molecule has 0 aliphatic heterocycles. The van der Waals surface area contributed by atoms with E-state index in [9.17, 15) is 0 Å². The maximum absolute atomic E-state index is 2.28. The standard InChI is InChI=1S/C6H14.C4H8/c1-5(2)6(3)4;1-4-2-3-4/h5-6H,1-4H3;4H,2-3H2,1H3. The van der Waals surface area contributed by atoms with Gasteiger partial charge in [-0.15, -0.1) is 0 Å². The summed E-state index contributed by atoms with van der Waals surface area (Å²) in [5, 5.41) is 0. The van der Waals surface area contributed by atoms with E-state index in [1.54, 1.807) is 0 Å². The van der Waals surface area contributed by atoms with Gasteiger partial charge in [-0.3, -0.25) is 0 Å². The van der Waals surface area contributed by atoms with Crippen LogP contribution in [0.1, 0.15) is 47.5 Å². The average Bonchev–Trinajstić information content (AvgIpc) is 2.52. The third kappa shape index (κ3) is 8.00. The van der Waals surface area contributed by atoms with E-state index < -0.39 is 0 Å². The van der Waals surface area contributed by atoms with Crippen molar-refractivity contribution in [3.8, 4) is 0 Å². The predicted molar refractivity (Wildman–Crippen MR) is 48.1 cm³/mol. The zero-order valence-corrected chi connectivity index (χ0v) is 8.15. The maximum atomic E-state index is 2.28. The van der Waals surface area contributed by atoms with Crippen LogP contribution in [0, 0.1) is 17.8 Å². The van der Waals surface area contributed by atoms with Gasteiger partial charge in [-0.05, 0) is 17.8 Å². The largest absolute Gasteiger partial charge is 0.0625 e. The Morgan fingerprint density at radius 1 is 0.900 bits per heavy atom. The molecule has 0 aromatic rings. The molecule has 0 amide bonds. The maximum Gasteiger partial charge on any atom is -0.0443 e. The second-order valence-corrected chi connectivity index (χ2v) is 4.17. The van der Waals surface area contributed by atoms with Crippen molar-refractivity contribution in [3.05, 3.63) is 0 Å². The van der Waals surface area contributed by atoms with Gasteiger partial charge in [0, 0.05) is 0 Å². The molecule has 0 aromatic carbocycles. The van der Waals surface area contributed by atoms with Gasteiger partial charge in [-0.25, -0.2) is 0 Å². The van der Waals surface area contributed by atoms with Crippen LogP contribution in [-0.4, -0.2) is 0 Å². The topological polar surface area (TPSA) is 0 Å². The van der Waals surface area contributed by atoms with Crippen LogP contribution in [0.25, 0.3) is 0 Å². The van der Waals surface area contributed by atoms with Crippen LogP contribution in [0.4, 0.5) is 0 Å². The minimum atomic E-state index is 0.852. The summed E-state index contributed by atoms with van der Waals surface area (Å²) in [6, 6.07) is 0. The van der Waals surface area contributed by atoms with Crippen molar-refractivity contribution in [3.63, 3.8) is 0 Å². The fourth-order valence-electron chi connectivity index (χ4n) is 0.167. The first-order chi connectivity index (χ1) is 4.54. The van der Waals surface area contributed by atoms with E-state index in [0.29, 0.717) is 0 Å². The molecule has 0 spiro atoms. The summed E-state index contributed by atoms with van der Waals surface area (Å²) in [7, 11) is 0. The summed E-state index contributed by atoms with van der Waals surface area (Å²) in [5.74, 6) is 2.79. The van der Waals surface area contributed by atoms with Crippen LogP contribution in [0.15, 0.2) is 0 Å². The Morgan fingerprint density at radius 3 is 1.10 bits per heavy atom. The van der Waals surface area contributed by atoms with Crippen LogP contribution in [0.2, 0.25) is 0 Å². The minimum absolute atomic E-state index is 0.852. The highest BCUT2D eigenvalue weighted by atomic mass is 14.2. The molecule has 1 fully saturated rings. The molecule has 0 heteroatoms. The Labute approximate surface area is 66.0 Å². The van der Waals surface area contributed by atoms with Gasteiger partial charge in [0.1, 0.15) is 0 Å². The zero-order chi connectivity index (χ0) is 8.15. The molecule has 0 bridgehead atoms. The van der Waals surface area contributed by atoms with Crippen LogP contribution in [0.5, 0.6) is 0 Å². The fourth-order valence-corrected chi connectivity index (χ4v) is 0.167. The minimum Gasteiger partial charge on any atom is -0.0625 e. The molecular formula is C10H22. The van der Waals surface area contributed by atoms with Gasteiger partial charge in [0.2, 0.25) is 0 Å². The molecule has 0 saturated heterocycles.